The summed E-state index contributed by atoms with van der Waals surface area (Å²) in [5.41, 5.74) is 2.22. The molecule has 0 amide bonds. The van der Waals surface area contributed by atoms with E-state index in [1.165, 1.54) is 31.2 Å². The number of rotatable bonds is 2. The topological polar surface area (TPSA) is 20.7 Å². The van der Waals surface area contributed by atoms with E-state index in [-0.39, 0.29) is 0 Å². The molecule has 0 bridgehead atoms. The van der Waals surface area contributed by atoms with Crippen LogP contribution in [-0.2, 0) is 6.54 Å². The molecule has 0 unspecified atom stereocenters. The van der Waals surface area contributed by atoms with Gasteiger partial charge in [0.2, 0.25) is 0 Å². The fourth-order valence-electron chi connectivity index (χ4n) is 3.09. The second kappa shape index (κ2) is 5.29. The molecule has 4 heteroatoms. The summed E-state index contributed by atoms with van der Waals surface area (Å²) in [6.45, 7) is 3.39. The highest BCUT2D eigenvalue weighted by atomic mass is 35.5. The fraction of sp³-hybridized carbons (Fsp3) is 0.533. The number of nitrogens with one attached hydrogen (secondary N) is 1. The van der Waals surface area contributed by atoms with Crippen LogP contribution in [0.15, 0.2) is 18.2 Å². The molecule has 3 rings (SSSR count). The number of aromatic nitrogens is 2. The number of halogens is 1. The monoisotopic (exact) mass is 294 g/mol. The van der Waals surface area contributed by atoms with Gasteiger partial charge in [-0.2, -0.15) is 0 Å². The number of fused-ring (bicyclic) bond motifs is 1. The van der Waals surface area contributed by atoms with E-state index in [0.717, 1.165) is 33.7 Å². The van der Waals surface area contributed by atoms with Crippen LogP contribution in [0.25, 0.3) is 11.0 Å². The molecule has 1 aromatic carbocycles. The first kappa shape index (κ1) is 13.2. The van der Waals surface area contributed by atoms with E-state index in [2.05, 4.69) is 22.5 Å². The van der Waals surface area contributed by atoms with E-state index in [0.29, 0.717) is 0 Å². The van der Waals surface area contributed by atoms with Crippen LogP contribution < -0.4 is 0 Å². The molecule has 1 aliphatic carbocycles. The summed E-state index contributed by atoms with van der Waals surface area (Å²) in [7, 11) is 0. The van der Waals surface area contributed by atoms with Gasteiger partial charge in [-0.3, -0.25) is 0 Å². The second-order valence-corrected chi connectivity index (χ2v) is 6.65. The molecule has 0 aliphatic heterocycles. The van der Waals surface area contributed by atoms with Crippen LogP contribution in [-0.4, -0.2) is 9.55 Å². The number of benzene rings is 1. The van der Waals surface area contributed by atoms with Crippen molar-refractivity contribution in [2.24, 2.45) is 11.8 Å². The maximum Gasteiger partial charge on any atom is 0.178 e. The van der Waals surface area contributed by atoms with Gasteiger partial charge in [-0.1, -0.05) is 31.4 Å². The first-order valence-corrected chi connectivity index (χ1v) is 7.80. The van der Waals surface area contributed by atoms with Crippen molar-refractivity contribution in [2.75, 3.05) is 0 Å². The van der Waals surface area contributed by atoms with Crippen molar-refractivity contribution in [2.45, 2.75) is 39.2 Å². The summed E-state index contributed by atoms with van der Waals surface area (Å²) in [6, 6.07) is 5.95. The normalized spacial score (nSPS) is 23.9. The first-order chi connectivity index (χ1) is 9.13. The van der Waals surface area contributed by atoms with E-state index >= 15 is 0 Å². The van der Waals surface area contributed by atoms with E-state index in [9.17, 15) is 0 Å². The number of H-pyrrole nitrogens is 1. The molecule has 0 spiro atoms. The van der Waals surface area contributed by atoms with Gasteiger partial charge in [0.1, 0.15) is 0 Å². The molecule has 1 heterocycles. The zero-order valence-corrected chi connectivity index (χ0v) is 12.7. The third kappa shape index (κ3) is 2.72. The molecule has 19 heavy (non-hydrogen) atoms. The molecular formula is C15H19ClN2S. The molecule has 2 nitrogen and oxygen atoms in total. The summed E-state index contributed by atoms with van der Waals surface area (Å²) >= 11 is 11.5. The van der Waals surface area contributed by atoms with Crippen molar-refractivity contribution in [3.63, 3.8) is 0 Å². The lowest BCUT2D eigenvalue weighted by Crippen LogP contribution is -2.17. The molecule has 2 aromatic rings. The average molecular weight is 295 g/mol. The van der Waals surface area contributed by atoms with Gasteiger partial charge in [-0.25, -0.2) is 0 Å². The van der Waals surface area contributed by atoms with Crippen LogP contribution in [0.2, 0.25) is 5.02 Å². The standard InChI is InChI=1S/C15H19ClN2S/c1-10-2-4-11(5-3-10)9-18-14-7-6-12(16)8-13(14)17-15(18)19/h6-8,10-11H,2-5,9H2,1H3,(H,17,19). The Kier molecular flexibility index (Phi) is 3.68. The molecule has 0 saturated heterocycles. The maximum atomic E-state index is 6.02. The van der Waals surface area contributed by atoms with E-state index in [4.69, 9.17) is 23.8 Å². The highest BCUT2D eigenvalue weighted by molar-refractivity contribution is 7.71. The van der Waals surface area contributed by atoms with Crippen LogP contribution in [0.4, 0.5) is 0 Å². The first-order valence-electron chi connectivity index (χ1n) is 7.01. The molecule has 1 fully saturated rings. The van der Waals surface area contributed by atoms with Crippen molar-refractivity contribution in [3.05, 3.63) is 28.0 Å². The lowest BCUT2D eigenvalue weighted by atomic mass is 9.83. The smallest absolute Gasteiger partial charge is 0.178 e. The summed E-state index contributed by atoms with van der Waals surface area (Å²) in [4.78, 5) is 3.26. The molecule has 1 aliphatic rings. The Morgan fingerprint density at radius 3 is 2.79 bits per heavy atom. The van der Waals surface area contributed by atoms with E-state index in [1.807, 2.05) is 12.1 Å². The van der Waals surface area contributed by atoms with Crippen LogP contribution in [0.1, 0.15) is 32.6 Å². The van der Waals surface area contributed by atoms with Crippen molar-refractivity contribution < 1.29 is 0 Å². The maximum absolute atomic E-state index is 6.02. The van der Waals surface area contributed by atoms with Gasteiger partial charge in [0, 0.05) is 11.6 Å². The van der Waals surface area contributed by atoms with Gasteiger partial charge in [0.05, 0.1) is 11.0 Å². The number of nitrogens with zero attached hydrogens (tertiary/aromatic N) is 1. The number of aromatic amines is 1. The summed E-state index contributed by atoms with van der Waals surface area (Å²) in [6.07, 6.45) is 5.35. The lowest BCUT2D eigenvalue weighted by Gasteiger charge is -2.26. The van der Waals surface area contributed by atoms with E-state index in [1.54, 1.807) is 0 Å². The Morgan fingerprint density at radius 2 is 2.05 bits per heavy atom. The average Bonchev–Trinajstić information content (AvgIpc) is 2.68. The van der Waals surface area contributed by atoms with Gasteiger partial charge in [-0.05, 0) is 55.1 Å². The molecule has 0 radical (unpaired) electrons. The Hall–Kier alpha value is -0.800. The predicted molar refractivity (Wildman–Crippen MR) is 83.3 cm³/mol. The van der Waals surface area contributed by atoms with Crippen LogP contribution in [0, 0.1) is 16.6 Å². The molecular weight excluding hydrogens is 276 g/mol. The van der Waals surface area contributed by atoms with Gasteiger partial charge < -0.3 is 9.55 Å². The fourth-order valence-corrected chi connectivity index (χ4v) is 3.54. The molecule has 102 valence electrons. The quantitative estimate of drug-likeness (QED) is 0.757. The molecule has 0 atom stereocenters. The molecule has 1 N–H and O–H groups in total. The second-order valence-electron chi connectivity index (χ2n) is 5.83. The van der Waals surface area contributed by atoms with Crippen molar-refractivity contribution in [3.8, 4) is 0 Å². The summed E-state index contributed by atoms with van der Waals surface area (Å²) in [5.74, 6) is 1.66. The van der Waals surface area contributed by atoms with Crippen LogP contribution in [0.5, 0.6) is 0 Å². The van der Waals surface area contributed by atoms with Gasteiger partial charge >= 0.3 is 0 Å². The minimum absolute atomic E-state index is 0.752. The summed E-state index contributed by atoms with van der Waals surface area (Å²) in [5, 5.41) is 0.752. The van der Waals surface area contributed by atoms with E-state index < -0.39 is 0 Å². The number of imidazole rings is 1. The van der Waals surface area contributed by atoms with Gasteiger partial charge in [-0.15, -0.1) is 0 Å². The van der Waals surface area contributed by atoms with Gasteiger partial charge in [0.15, 0.2) is 4.77 Å². The highest BCUT2D eigenvalue weighted by Crippen LogP contribution is 2.30. The highest BCUT2D eigenvalue weighted by Gasteiger charge is 2.19. The third-order valence-electron chi connectivity index (χ3n) is 4.31. The minimum atomic E-state index is 0.752. The van der Waals surface area contributed by atoms with Crippen molar-refractivity contribution in [1.29, 1.82) is 0 Å². The summed E-state index contributed by atoms with van der Waals surface area (Å²) < 4.78 is 3.05. The molecule has 1 saturated carbocycles. The Balaban J connectivity index is 1.88. The van der Waals surface area contributed by atoms with Crippen molar-refractivity contribution in [1.82, 2.24) is 9.55 Å². The number of hydrogen-bond donors (Lipinski definition) is 1. The largest absolute Gasteiger partial charge is 0.331 e. The minimum Gasteiger partial charge on any atom is -0.331 e. The SMILES string of the molecule is CC1CCC(Cn2c(=S)[nH]c3cc(Cl)ccc32)CC1. The van der Waals surface area contributed by atoms with Crippen LogP contribution >= 0.6 is 23.8 Å². The molecule has 1 aromatic heterocycles. The zero-order valence-electron chi connectivity index (χ0n) is 11.2. The predicted octanol–water partition coefficient (Wildman–Crippen LogP) is 5.18. The Labute approximate surface area is 123 Å². The van der Waals surface area contributed by atoms with Gasteiger partial charge in [0.25, 0.3) is 0 Å². The van der Waals surface area contributed by atoms with Crippen molar-refractivity contribution >= 4 is 34.9 Å². The zero-order chi connectivity index (χ0) is 13.4. The lowest BCUT2D eigenvalue weighted by molar-refractivity contribution is 0.266. The third-order valence-corrected chi connectivity index (χ3v) is 4.87. The number of hydrogen-bond acceptors (Lipinski definition) is 1. The van der Waals surface area contributed by atoms with Crippen LogP contribution in [0.3, 0.4) is 0 Å². The Morgan fingerprint density at radius 1 is 1.32 bits per heavy atom. The Bertz CT molecular complexity index is 635.